The fourth-order valence-corrected chi connectivity index (χ4v) is 1.58. The van der Waals surface area contributed by atoms with Gasteiger partial charge >= 0.3 is 0 Å². The summed E-state index contributed by atoms with van der Waals surface area (Å²) in [6.07, 6.45) is 0. The largest absolute Gasteiger partial charge is 0.356 e. The second-order valence-electron chi connectivity index (χ2n) is 3.60. The van der Waals surface area contributed by atoms with Gasteiger partial charge in [0, 0.05) is 41.0 Å². The van der Waals surface area contributed by atoms with E-state index in [0.29, 0.717) is 0 Å². The highest BCUT2D eigenvalue weighted by Crippen LogP contribution is 2.21. The number of hydrogen-bond acceptors (Lipinski definition) is 4. The van der Waals surface area contributed by atoms with E-state index in [2.05, 4.69) is 10.2 Å². The van der Waals surface area contributed by atoms with Gasteiger partial charge in [0.05, 0.1) is 4.92 Å². The van der Waals surface area contributed by atoms with Crippen LogP contribution in [0.2, 0.25) is 0 Å². The van der Waals surface area contributed by atoms with Crippen LogP contribution in [0.5, 0.6) is 0 Å². The maximum atomic E-state index is 10.5. The van der Waals surface area contributed by atoms with Gasteiger partial charge in [-0.3, -0.25) is 15.0 Å². The van der Waals surface area contributed by atoms with Crippen molar-refractivity contribution in [3.8, 4) is 0 Å². The fourth-order valence-electron chi connectivity index (χ4n) is 1.45. The first kappa shape index (κ1) is 12.2. The highest BCUT2D eigenvalue weighted by atomic mass is 35.5. The summed E-state index contributed by atoms with van der Waals surface area (Å²) in [6, 6.07) is 13.6. The van der Waals surface area contributed by atoms with E-state index in [4.69, 9.17) is 11.8 Å². The number of benzene rings is 2. The summed E-state index contributed by atoms with van der Waals surface area (Å²) in [7, 11) is 0. The van der Waals surface area contributed by atoms with Gasteiger partial charge in [0.15, 0.2) is 0 Å². The molecule has 5 nitrogen and oxygen atoms in total. The van der Waals surface area contributed by atoms with Crippen molar-refractivity contribution in [1.82, 2.24) is 0 Å². The Balaban J connectivity index is 2.10. The van der Waals surface area contributed by atoms with Gasteiger partial charge in [0.1, 0.15) is 0 Å². The van der Waals surface area contributed by atoms with Gasteiger partial charge < -0.3 is 5.32 Å². The molecular formula is C12H10ClN3O2. The average molecular weight is 264 g/mol. The Labute approximate surface area is 109 Å². The lowest BCUT2D eigenvalue weighted by Gasteiger charge is -2.06. The Bertz CT molecular complexity index is 540. The summed E-state index contributed by atoms with van der Waals surface area (Å²) in [5.74, 6) is 0. The average Bonchev–Trinajstić information content (AvgIpc) is 2.40. The highest BCUT2D eigenvalue weighted by Gasteiger charge is 2.03. The number of nitrogens with one attached hydrogen (secondary N) is 2. The first-order chi connectivity index (χ1) is 8.69. The Hall–Kier alpha value is -2.27. The summed E-state index contributed by atoms with van der Waals surface area (Å²) in [5.41, 5.74) is 2.53. The summed E-state index contributed by atoms with van der Waals surface area (Å²) >= 11 is 5.45. The molecule has 92 valence electrons. The molecule has 18 heavy (non-hydrogen) atoms. The molecule has 0 saturated heterocycles. The zero-order valence-electron chi connectivity index (χ0n) is 9.26. The van der Waals surface area contributed by atoms with E-state index in [1.807, 2.05) is 24.3 Å². The van der Waals surface area contributed by atoms with E-state index in [1.54, 1.807) is 12.1 Å². The predicted octanol–water partition coefficient (Wildman–Crippen LogP) is 3.90. The third kappa shape index (κ3) is 2.89. The molecule has 0 amide bonds. The summed E-state index contributed by atoms with van der Waals surface area (Å²) in [6.45, 7) is 0. The van der Waals surface area contributed by atoms with E-state index in [0.717, 1.165) is 17.1 Å². The van der Waals surface area contributed by atoms with Crippen LogP contribution in [-0.2, 0) is 0 Å². The Morgan fingerprint density at radius 2 is 1.33 bits per heavy atom. The molecule has 0 radical (unpaired) electrons. The minimum Gasteiger partial charge on any atom is -0.356 e. The molecule has 0 spiro atoms. The topological polar surface area (TPSA) is 67.2 Å². The van der Waals surface area contributed by atoms with E-state index in [9.17, 15) is 10.1 Å². The number of non-ortho nitro benzene ring substituents is 1. The number of rotatable bonds is 4. The number of nitro benzene ring substituents is 1. The molecule has 0 aromatic heterocycles. The van der Waals surface area contributed by atoms with Crippen molar-refractivity contribution in [2.24, 2.45) is 0 Å². The van der Waals surface area contributed by atoms with Crippen molar-refractivity contribution >= 4 is 34.5 Å². The molecule has 0 aliphatic heterocycles. The number of nitrogens with zero attached hydrogens (tertiary/aromatic N) is 1. The van der Waals surface area contributed by atoms with Crippen molar-refractivity contribution in [1.29, 1.82) is 0 Å². The molecule has 0 aliphatic rings. The second kappa shape index (κ2) is 5.37. The summed E-state index contributed by atoms with van der Waals surface area (Å²) < 4.78 is 0. The number of anilines is 3. The Morgan fingerprint density at radius 1 is 0.889 bits per heavy atom. The first-order valence-corrected chi connectivity index (χ1v) is 5.55. The number of nitro groups is 1. The zero-order valence-corrected chi connectivity index (χ0v) is 10.0. The lowest BCUT2D eigenvalue weighted by atomic mass is 10.2. The van der Waals surface area contributed by atoms with E-state index < -0.39 is 4.92 Å². The zero-order chi connectivity index (χ0) is 13.0. The molecule has 2 rings (SSSR count). The molecule has 0 saturated carbocycles. The molecule has 0 unspecified atom stereocenters. The molecule has 0 bridgehead atoms. The summed E-state index contributed by atoms with van der Waals surface area (Å²) in [5, 5.41) is 13.6. The van der Waals surface area contributed by atoms with Gasteiger partial charge in [-0.1, -0.05) is 0 Å². The highest BCUT2D eigenvalue weighted by molar-refractivity contribution is 6.23. The van der Waals surface area contributed by atoms with E-state index in [1.165, 1.54) is 12.1 Å². The third-order valence-electron chi connectivity index (χ3n) is 2.36. The van der Waals surface area contributed by atoms with Gasteiger partial charge in [-0.05, 0) is 36.4 Å². The maximum absolute atomic E-state index is 10.5. The van der Waals surface area contributed by atoms with Crippen molar-refractivity contribution in [2.45, 2.75) is 0 Å². The standard InChI is InChI=1S/C12H10ClN3O2/c13-15-11-3-1-9(2-4-11)14-10-5-7-12(8-6-10)16(17)18/h1-8,14-15H. The molecule has 0 atom stereocenters. The van der Waals surface area contributed by atoms with Gasteiger partial charge in [0.25, 0.3) is 5.69 Å². The molecule has 6 heteroatoms. The predicted molar refractivity (Wildman–Crippen MR) is 72.3 cm³/mol. The summed E-state index contributed by atoms with van der Waals surface area (Å²) in [4.78, 5) is 12.6. The minimum atomic E-state index is -0.426. The SMILES string of the molecule is O=[N+]([O-])c1ccc(Nc2ccc(NCl)cc2)cc1. The molecule has 0 heterocycles. The van der Waals surface area contributed by atoms with Crippen LogP contribution in [0, 0.1) is 10.1 Å². The van der Waals surface area contributed by atoms with E-state index >= 15 is 0 Å². The van der Waals surface area contributed by atoms with Crippen molar-refractivity contribution in [2.75, 3.05) is 10.2 Å². The molecular weight excluding hydrogens is 254 g/mol. The van der Waals surface area contributed by atoms with Gasteiger partial charge in [0.2, 0.25) is 0 Å². The lowest BCUT2D eigenvalue weighted by Crippen LogP contribution is -1.92. The normalized spacial score (nSPS) is 9.83. The molecule has 2 N–H and O–H groups in total. The minimum absolute atomic E-state index is 0.0715. The van der Waals surface area contributed by atoms with Crippen molar-refractivity contribution in [3.05, 3.63) is 58.6 Å². The Morgan fingerprint density at radius 3 is 1.78 bits per heavy atom. The van der Waals surface area contributed by atoms with Crippen LogP contribution in [0.25, 0.3) is 0 Å². The molecule has 2 aromatic rings. The van der Waals surface area contributed by atoms with Crippen molar-refractivity contribution < 1.29 is 4.92 Å². The number of halogens is 1. The van der Waals surface area contributed by atoms with Gasteiger partial charge in [-0.2, -0.15) is 0 Å². The van der Waals surface area contributed by atoms with Crippen LogP contribution >= 0.6 is 11.8 Å². The van der Waals surface area contributed by atoms with Crippen molar-refractivity contribution in [3.63, 3.8) is 0 Å². The lowest BCUT2D eigenvalue weighted by molar-refractivity contribution is -0.384. The second-order valence-corrected chi connectivity index (χ2v) is 3.79. The van der Waals surface area contributed by atoms with Crippen LogP contribution in [0.3, 0.4) is 0 Å². The molecule has 0 fully saturated rings. The van der Waals surface area contributed by atoms with Crippen LogP contribution in [0.1, 0.15) is 0 Å². The maximum Gasteiger partial charge on any atom is 0.269 e. The molecule has 0 aliphatic carbocycles. The van der Waals surface area contributed by atoms with Crippen LogP contribution in [-0.4, -0.2) is 4.92 Å². The monoisotopic (exact) mass is 263 g/mol. The fraction of sp³-hybridized carbons (Fsp3) is 0. The first-order valence-electron chi connectivity index (χ1n) is 5.17. The van der Waals surface area contributed by atoms with Crippen LogP contribution in [0.15, 0.2) is 48.5 Å². The van der Waals surface area contributed by atoms with Gasteiger partial charge in [-0.25, -0.2) is 0 Å². The van der Waals surface area contributed by atoms with Crippen LogP contribution in [0.4, 0.5) is 22.7 Å². The van der Waals surface area contributed by atoms with Crippen LogP contribution < -0.4 is 10.2 Å². The quantitative estimate of drug-likeness (QED) is 0.499. The smallest absolute Gasteiger partial charge is 0.269 e. The Kier molecular flexibility index (Phi) is 3.64. The number of hydrogen-bond donors (Lipinski definition) is 2. The van der Waals surface area contributed by atoms with Gasteiger partial charge in [-0.15, -0.1) is 0 Å². The van der Waals surface area contributed by atoms with E-state index in [-0.39, 0.29) is 5.69 Å². The molecule has 2 aromatic carbocycles. The third-order valence-corrected chi connectivity index (χ3v) is 2.58.